The second-order valence-corrected chi connectivity index (χ2v) is 11.1. The van der Waals surface area contributed by atoms with E-state index < -0.39 is 0 Å². The van der Waals surface area contributed by atoms with Crippen LogP contribution in [0.25, 0.3) is 0 Å². The third-order valence-electron chi connectivity index (χ3n) is 7.48. The molecule has 0 unspecified atom stereocenters. The van der Waals surface area contributed by atoms with Crippen LogP contribution < -0.4 is 16.4 Å². The number of nitrogens with zero attached hydrogens (tertiary/aromatic N) is 3. The van der Waals surface area contributed by atoms with Crippen molar-refractivity contribution in [3.63, 3.8) is 0 Å². The summed E-state index contributed by atoms with van der Waals surface area (Å²) in [7, 11) is 0. The number of rotatable bonds is 3. The van der Waals surface area contributed by atoms with Gasteiger partial charge in [0, 0.05) is 17.1 Å². The summed E-state index contributed by atoms with van der Waals surface area (Å²) < 4.78 is 1.62. The number of nitrogens with one attached hydrogen (secondary N) is 3. The minimum absolute atomic E-state index is 0. The Kier molecular flexibility index (Phi) is 10.7. The van der Waals surface area contributed by atoms with Gasteiger partial charge in [-0.2, -0.15) is 15.3 Å². The fourth-order valence-electron chi connectivity index (χ4n) is 4.98. The van der Waals surface area contributed by atoms with E-state index in [1.54, 1.807) is 33.6 Å². The Morgan fingerprint density at radius 2 is 0.914 bits per heavy atom. The van der Waals surface area contributed by atoms with E-state index in [0.717, 1.165) is 34.2 Å². The van der Waals surface area contributed by atoms with E-state index in [1.165, 1.54) is 27.5 Å². The van der Waals surface area contributed by atoms with E-state index in [2.05, 4.69) is 86.0 Å². The van der Waals surface area contributed by atoms with E-state index in [9.17, 15) is 0 Å². The van der Waals surface area contributed by atoms with Gasteiger partial charge in [0.15, 0.2) is 0 Å². The summed E-state index contributed by atoms with van der Waals surface area (Å²) in [4.78, 5) is 0. The van der Waals surface area contributed by atoms with Crippen molar-refractivity contribution in [2.24, 2.45) is 5.41 Å². The average Bonchev–Trinajstić information content (AvgIpc) is 3.42. The summed E-state index contributed by atoms with van der Waals surface area (Å²) in [6.07, 6.45) is 0. The molecule has 0 bridgehead atoms. The molecule has 4 rings (SSSR count). The number of aromatic nitrogens is 6. The Morgan fingerprint density at radius 1 is 0.600 bits per heavy atom. The number of hydrogen-bond donors (Lipinski definition) is 3. The predicted octanol–water partition coefficient (Wildman–Crippen LogP) is 4.25. The van der Waals surface area contributed by atoms with E-state index in [1.807, 2.05) is 20.8 Å². The summed E-state index contributed by atoms with van der Waals surface area (Å²) in [5, 5.41) is 22.5. The molecule has 3 heterocycles. The van der Waals surface area contributed by atoms with Gasteiger partial charge in [-0.15, -0.1) is 24.8 Å². The van der Waals surface area contributed by atoms with Crippen LogP contribution in [0.5, 0.6) is 0 Å². The van der Waals surface area contributed by atoms with Crippen molar-refractivity contribution in [2.45, 2.75) is 76.2 Å². The van der Waals surface area contributed by atoms with Crippen molar-refractivity contribution < 1.29 is 24.7 Å². The van der Waals surface area contributed by atoms with Crippen LogP contribution in [0.15, 0.2) is 20.0 Å². The molecule has 0 aromatic carbocycles. The van der Waals surface area contributed by atoms with E-state index in [0.29, 0.717) is 5.41 Å². The van der Waals surface area contributed by atoms with Gasteiger partial charge in [-0.05, 0) is 57.9 Å². The average molecular weight is 596 g/mol. The quantitative estimate of drug-likeness (QED) is 0.396. The number of halogens is 2. The van der Waals surface area contributed by atoms with Crippen LogP contribution in [0.3, 0.4) is 0 Å². The molecular weight excluding hydrogens is 557 g/mol. The monoisotopic (exact) mass is 593 g/mol. The van der Waals surface area contributed by atoms with Gasteiger partial charge in [-0.25, -0.2) is 0 Å². The Morgan fingerprint density at radius 3 is 1.06 bits per heavy atom. The van der Waals surface area contributed by atoms with Crippen molar-refractivity contribution in [3.8, 4) is 0 Å². The molecule has 0 amide bonds. The first kappa shape index (κ1) is 31.7. The first-order chi connectivity index (χ1) is 15.3. The van der Waals surface area contributed by atoms with Crippen molar-refractivity contribution in [1.29, 1.82) is 0 Å². The molecule has 0 spiro atoms. The fraction of sp³-hybridized carbons (Fsp3) is 0.480. The molecular formula is C25H38BCl2N6Zr. The molecule has 35 heavy (non-hydrogen) atoms. The minimum Gasteiger partial charge on any atom is -0.283 e. The molecule has 0 aliphatic heterocycles. The zero-order chi connectivity index (χ0) is 24.8. The summed E-state index contributed by atoms with van der Waals surface area (Å²) in [5.74, 6) is 0. The van der Waals surface area contributed by atoms with Gasteiger partial charge in [0.1, 0.15) is 0 Å². The Hall–Kier alpha value is -1.36. The molecule has 10 heteroatoms. The molecule has 1 aliphatic rings. The van der Waals surface area contributed by atoms with Gasteiger partial charge in [-0.3, -0.25) is 15.3 Å². The predicted molar refractivity (Wildman–Crippen MR) is 148 cm³/mol. The SMILES string of the molecule is CC1=C(C)C(C)(C)[C]([Zr])=C1C.Cc1n[nH]c(C)c1B(c1c(C)n[nH]c1C)c1c(C)n[nH]c1C.Cl.Cl. The van der Waals surface area contributed by atoms with E-state index in [4.69, 9.17) is 0 Å². The van der Waals surface area contributed by atoms with Gasteiger partial charge in [-0.1, -0.05) is 0 Å². The Labute approximate surface area is 237 Å². The first-order valence-electron chi connectivity index (χ1n) is 11.5. The topological polar surface area (TPSA) is 86.0 Å². The second kappa shape index (κ2) is 11.8. The molecule has 1 aliphatic carbocycles. The van der Waals surface area contributed by atoms with E-state index in [-0.39, 0.29) is 31.5 Å². The minimum atomic E-state index is 0. The molecule has 0 fully saturated rings. The molecule has 0 saturated carbocycles. The molecule has 0 atom stereocenters. The summed E-state index contributed by atoms with van der Waals surface area (Å²) in [6, 6.07) is 0. The van der Waals surface area contributed by atoms with Gasteiger partial charge in [0.05, 0.1) is 17.1 Å². The maximum Gasteiger partial charge on any atom is 0.255 e. The Balaban J connectivity index is 0.000000403. The smallest absolute Gasteiger partial charge is 0.255 e. The van der Waals surface area contributed by atoms with E-state index >= 15 is 0 Å². The van der Waals surface area contributed by atoms with Crippen LogP contribution in [0.4, 0.5) is 0 Å². The standard InChI is InChI=1S/C15H21BN6.C10H15.2ClH.Zr/c1-7-13(8(2)18-17-7)16(14-9(3)19-20-10(14)4)15-11(5)21-22-12(15)6;1-7-6-10(4,5)9(3)8(7)2;;;/h1-6H3,(H,17,18)(H,19,20)(H,21,22);1-5H3;2*1H;. The molecule has 189 valence electrons. The molecule has 3 N–H and O–H groups in total. The number of aryl methyl sites for hydroxylation is 6. The summed E-state index contributed by atoms with van der Waals surface area (Å²) in [5.41, 5.74) is 14.9. The Bertz CT molecular complexity index is 1070. The van der Waals surface area contributed by atoms with Gasteiger partial charge >= 0.3 is 84.8 Å². The van der Waals surface area contributed by atoms with Gasteiger partial charge in [0.2, 0.25) is 0 Å². The second-order valence-electron chi connectivity index (χ2n) is 9.85. The number of aromatic amines is 3. The van der Waals surface area contributed by atoms with Crippen LogP contribution >= 0.6 is 24.8 Å². The van der Waals surface area contributed by atoms with Crippen LogP contribution in [-0.2, 0) is 24.7 Å². The van der Waals surface area contributed by atoms with Crippen LogP contribution in [0.1, 0.15) is 68.8 Å². The molecule has 0 radical (unpaired) electrons. The molecule has 6 nitrogen and oxygen atoms in total. The molecule has 0 saturated heterocycles. The number of hydrogen-bond acceptors (Lipinski definition) is 3. The maximum absolute atomic E-state index is 4.39. The van der Waals surface area contributed by atoms with Gasteiger partial charge < -0.3 is 0 Å². The van der Waals surface area contributed by atoms with Crippen LogP contribution in [-0.4, -0.2) is 37.3 Å². The summed E-state index contributed by atoms with van der Waals surface area (Å²) >= 11 is 1.57. The van der Waals surface area contributed by atoms with Crippen molar-refractivity contribution >= 4 is 47.9 Å². The maximum atomic E-state index is 4.39. The molecule has 3 aromatic rings. The number of H-pyrrole nitrogens is 3. The largest absolute Gasteiger partial charge is 0.283 e. The third-order valence-corrected chi connectivity index (χ3v) is 9.94. The van der Waals surface area contributed by atoms with Crippen molar-refractivity contribution in [3.05, 3.63) is 54.2 Å². The number of allylic oxidation sites excluding steroid dienone is 4. The van der Waals surface area contributed by atoms with Crippen molar-refractivity contribution in [2.75, 3.05) is 0 Å². The fourth-order valence-corrected chi connectivity index (χ4v) is 5.90. The van der Waals surface area contributed by atoms with Gasteiger partial charge in [0.25, 0.3) is 6.71 Å². The van der Waals surface area contributed by atoms with Crippen molar-refractivity contribution in [1.82, 2.24) is 30.6 Å². The van der Waals surface area contributed by atoms with Crippen LogP contribution in [0.2, 0.25) is 0 Å². The zero-order valence-electron chi connectivity index (χ0n) is 22.7. The van der Waals surface area contributed by atoms with Crippen LogP contribution in [0, 0.1) is 47.0 Å². The zero-order valence-corrected chi connectivity index (χ0v) is 26.8. The first-order valence-corrected chi connectivity index (χ1v) is 12.7. The molecule has 3 aromatic heterocycles. The summed E-state index contributed by atoms with van der Waals surface area (Å²) in [6.45, 7) is 23.8. The normalized spacial score (nSPS) is 14.3. The third kappa shape index (κ3) is 5.65.